The zero-order chi connectivity index (χ0) is 28.1. The van der Waals surface area contributed by atoms with Gasteiger partial charge in [-0.05, 0) is 36.8 Å². The molecular weight excluding hydrogens is 486 g/mol. The van der Waals surface area contributed by atoms with Gasteiger partial charge in [-0.2, -0.15) is 0 Å². The van der Waals surface area contributed by atoms with E-state index in [2.05, 4.69) is 16.0 Å². The Balaban J connectivity index is 1.92. The second-order valence-electron chi connectivity index (χ2n) is 9.62. The molecule has 3 amide bonds. The minimum Gasteiger partial charge on any atom is -0.481 e. The molecule has 0 saturated carbocycles. The standard InChI is InChI=1S/C29H37N3O6/c1-19(2)27(32-25(34)17-15-22-12-8-5-9-13-22)29(38)30-20(3)28(37)31-23(18-26(35)36)24(33)16-14-21-10-6-4-7-11-21/h4-13,19-20,23,27H,14-18H2,1-3H3,(H,30,38)(H,31,37)(H,32,34)(H,35,36). The molecule has 0 aliphatic carbocycles. The zero-order valence-corrected chi connectivity index (χ0v) is 22.1. The van der Waals surface area contributed by atoms with E-state index in [4.69, 9.17) is 0 Å². The van der Waals surface area contributed by atoms with Crippen molar-refractivity contribution in [3.05, 3.63) is 71.8 Å². The first kappa shape index (κ1) is 30.2. The van der Waals surface area contributed by atoms with Crippen molar-refractivity contribution in [1.29, 1.82) is 0 Å². The summed E-state index contributed by atoms with van der Waals surface area (Å²) in [7, 11) is 0. The summed E-state index contributed by atoms with van der Waals surface area (Å²) in [6.07, 6.45) is 0.650. The fourth-order valence-electron chi connectivity index (χ4n) is 3.85. The summed E-state index contributed by atoms with van der Waals surface area (Å²) in [5, 5.41) is 17.0. The lowest BCUT2D eigenvalue weighted by molar-refractivity contribution is -0.140. The van der Waals surface area contributed by atoms with Gasteiger partial charge in [0.1, 0.15) is 12.1 Å². The Morgan fingerprint density at radius 2 is 1.24 bits per heavy atom. The summed E-state index contributed by atoms with van der Waals surface area (Å²) >= 11 is 0. The fourth-order valence-corrected chi connectivity index (χ4v) is 3.85. The predicted molar refractivity (Wildman–Crippen MR) is 143 cm³/mol. The first-order valence-corrected chi connectivity index (χ1v) is 12.8. The number of Topliss-reactive ketones (excluding diaryl/α,β-unsaturated/α-hetero) is 1. The molecule has 2 aromatic rings. The number of ketones is 1. The van der Waals surface area contributed by atoms with Crippen LogP contribution >= 0.6 is 0 Å². The van der Waals surface area contributed by atoms with Crippen molar-refractivity contribution in [3.8, 4) is 0 Å². The van der Waals surface area contributed by atoms with Crippen molar-refractivity contribution < 1.29 is 29.1 Å². The highest BCUT2D eigenvalue weighted by Crippen LogP contribution is 2.08. The molecule has 0 fully saturated rings. The minimum atomic E-state index is -1.22. The molecule has 3 unspecified atom stereocenters. The van der Waals surface area contributed by atoms with Crippen molar-refractivity contribution in [1.82, 2.24) is 16.0 Å². The van der Waals surface area contributed by atoms with Gasteiger partial charge in [0.2, 0.25) is 17.7 Å². The summed E-state index contributed by atoms with van der Waals surface area (Å²) in [6, 6.07) is 15.6. The number of amides is 3. The Morgan fingerprint density at radius 1 is 0.711 bits per heavy atom. The molecule has 9 heteroatoms. The Morgan fingerprint density at radius 3 is 1.74 bits per heavy atom. The number of nitrogens with one attached hydrogen (secondary N) is 3. The van der Waals surface area contributed by atoms with Crippen molar-refractivity contribution in [2.45, 2.75) is 71.0 Å². The summed E-state index contributed by atoms with van der Waals surface area (Å²) in [5.74, 6) is -3.39. The van der Waals surface area contributed by atoms with E-state index in [1.165, 1.54) is 6.92 Å². The molecule has 4 N–H and O–H groups in total. The molecule has 0 aliphatic rings. The molecular formula is C29H37N3O6. The monoisotopic (exact) mass is 523 g/mol. The molecule has 0 heterocycles. The summed E-state index contributed by atoms with van der Waals surface area (Å²) < 4.78 is 0. The normalized spacial score (nSPS) is 13.2. The first-order chi connectivity index (χ1) is 18.1. The van der Waals surface area contributed by atoms with E-state index in [-0.39, 0.29) is 24.7 Å². The molecule has 0 aromatic heterocycles. The third-order valence-electron chi connectivity index (χ3n) is 6.09. The van der Waals surface area contributed by atoms with Gasteiger partial charge >= 0.3 is 5.97 Å². The molecule has 0 spiro atoms. The molecule has 0 aliphatic heterocycles. The number of carboxylic acids is 1. The average molecular weight is 524 g/mol. The Hall–Kier alpha value is -4.01. The maximum Gasteiger partial charge on any atom is 0.305 e. The van der Waals surface area contributed by atoms with Crippen LogP contribution in [0.25, 0.3) is 0 Å². The van der Waals surface area contributed by atoms with Crippen LogP contribution in [0.15, 0.2) is 60.7 Å². The molecule has 9 nitrogen and oxygen atoms in total. The minimum absolute atomic E-state index is 0.0629. The molecule has 0 radical (unpaired) electrons. The molecule has 0 bridgehead atoms. The smallest absolute Gasteiger partial charge is 0.305 e. The summed E-state index contributed by atoms with van der Waals surface area (Å²) in [5.41, 5.74) is 1.93. The fraction of sp³-hybridized carbons (Fsp3) is 0.414. The highest BCUT2D eigenvalue weighted by Gasteiger charge is 2.29. The number of aryl methyl sites for hydroxylation is 2. The van der Waals surface area contributed by atoms with Crippen molar-refractivity contribution >= 4 is 29.5 Å². The quantitative estimate of drug-likeness (QED) is 0.283. The van der Waals surface area contributed by atoms with Gasteiger partial charge in [0.15, 0.2) is 5.78 Å². The van der Waals surface area contributed by atoms with E-state index in [0.29, 0.717) is 12.8 Å². The number of carbonyl (C=O) groups excluding carboxylic acids is 4. The van der Waals surface area contributed by atoms with E-state index in [9.17, 15) is 29.1 Å². The van der Waals surface area contributed by atoms with Crippen molar-refractivity contribution in [2.75, 3.05) is 0 Å². The number of aliphatic carboxylic acids is 1. The van der Waals surface area contributed by atoms with E-state index in [1.807, 2.05) is 60.7 Å². The third-order valence-corrected chi connectivity index (χ3v) is 6.09. The van der Waals surface area contributed by atoms with Gasteiger partial charge in [-0.25, -0.2) is 0 Å². The van der Waals surface area contributed by atoms with Crippen molar-refractivity contribution in [2.24, 2.45) is 5.92 Å². The maximum absolute atomic E-state index is 12.9. The number of carbonyl (C=O) groups is 5. The largest absolute Gasteiger partial charge is 0.481 e. The zero-order valence-electron chi connectivity index (χ0n) is 22.1. The van der Waals surface area contributed by atoms with Gasteiger partial charge < -0.3 is 21.1 Å². The summed E-state index contributed by atoms with van der Waals surface area (Å²) in [6.45, 7) is 5.00. The van der Waals surface area contributed by atoms with Gasteiger partial charge in [-0.15, -0.1) is 0 Å². The van der Waals surface area contributed by atoms with Gasteiger partial charge in [0.05, 0.1) is 12.5 Å². The van der Waals surface area contributed by atoms with Crippen LogP contribution < -0.4 is 16.0 Å². The van der Waals surface area contributed by atoms with Crippen LogP contribution in [0.1, 0.15) is 51.2 Å². The summed E-state index contributed by atoms with van der Waals surface area (Å²) in [4.78, 5) is 62.2. The number of hydrogen-bond acceptors (Lipinski definition) is 5. The van der Waals surface area contributed by atoms with Crippen LogP contribution in [0.3, 0.4) is 0 Å². The molecule has 2 rings (SSSR count). The topological polar surface area (TPSA) is 142 Å². The lowest BCUT2D eigenvalue weighted by atomic mass is 10.0. The second kappa shape index (κ2) is 15.3. The Bertz CT molecular complexity index is 1090. The second-order valence-corrected chi connectivity index (χ2v) is 9.62. The number of carboxylic acid groups (broad SMARTS) is 1. The van der Waals surface area contributed by atoms with Crippen LogP contribution in [-0.2, 0) is 36.8 Å². The molecule has 38 heavy (non-hydrogen) atoms. The SMILES string of the molecule is CC(NC(=O)C(NC(=O)CCc1ccccc1)C(C)C)C(=O)NC(CC(=O)O)C(=O)CCc1ccccc1. The Kier molecular flexibility index (Phi) is 12.2. The van der Waals surface area contributed by atoms with Crippen LogP contribution in [0.5, 0.6) is 0 Å². The number of benzene rings is 2. The van der Waals surface area contributed by atoms with Crippen LogP contribution in [0.4, 0.5) is 0 Å². The van der Waals surface area contributed by atoms with Gasteiger partial charge in [-0.3, -0.25) is 24.0 Å². The van der Waals surface area contributed by atoms with Crippen LogP contribution in [-0.4, -0.2) is 52.7 Å². The first-order valence-electron chi connectivity index (χ1n) is 12.8. The van der Waals surface area contributed by atoms with E-state index >= 15 is 0 Å². The molecule has 2 aromatic carbocycles. The van der Waals surface area contributed by atoms with Crippen LogP contribution in [0.2, 0.25) is 0 Å². The average Bonchev–Trinajstić information content (AvgIpc) is 2.89. The third kappa shape index (κ3) is 10.5. The number of hydrogen-bond donors (Lipinski definition) is 4. The highest BCUT2D eigenvalue weighted by atomic mass is 16.4. The van der Waals surface area contributed by atoms with E-state index in [1.54, 1.807) is 13.8 Å². The lowest BCUT2D eigenvalue weighted by Gasteiger charge is -2.25. The van der Waals surface area contributed by atoms with Gasteiger partial charge in [-0.1, -0.05) is 74.5 Å². The van der Waals surface area contributed by atoms with Crippen molar-refractivity contribution in [3.63, 3.8) is 0 Å². The van der Waals surface area contributed by atoms with E-state index < -0.39 is 48.1 Å². The molecule has 0 saturated heterocycles. The predicted octanol–water partition coefficient (Wildman–Crippen LogP) is 2.43. The number of rotatable bonds is 15. The lowest BCUT2D eigenvalue weighted by Crippen LogP contribution is -2.56. The van der Waals surface area contributed by atoms with Crippen LogP contribution in [0, 0.1) is 5.92 Å². The van der Waals surface area contributed by atoms with Gasteiger partial charge in [0.25, 0.3) is 0 Å². The highest BCUT2D eigenvalue weighted by molar-refractivity contribution is 5.95. The van der Waals surface area contributed by atoms with E-state index in [0.717, 1.165) is 11.1 Å². The molecule has 204 valence electrons. The molecule has 3 atom stereocenters. The Labute approximate surface area is 223 Å². The van der Waals surface area contributed by atoms with Gasteiger partial charge in [0, 0.05) is 12.8 Å². The maximum atomic E-state index is 12.9.